The van der Waals surface area contributed by atoms with Gasteiger partial charge in [-0.15, -0.1) is 11.8 Å². The van der Waals surface area contributed by atoms with Gasteiger partial charge in [-0.25, -0.2) is 0 Å². The highest BCUT2D eigenvalue weighted by Gasteiger charge is 2.45. The molecule has 0 aromatic heterocycles. The Morgan fingerprint density at radius 1 is 1.42 bits per heavy atom. The fourth-order valence-corrected chi connectivity index (χ4v) is 5.06. The summed E-state index contributed by atoms with van der Waals surface area (Å²) < 4.78 is 0. The fraction of sp³-hybridized carbons (Fsp3) is 0.500. The predicted octanol–water partition coefficient (Wildman–Crippen LogP) is 1.53. The van der Waals surface area contributed by atoms with E-state index in [4.69, 9.17) is 4.99 Å². The minimum absolute atomic E-state index is 0.164. The molecule has 128 valence electrons. The van der Waals surface area contributed by atoms with Gasteiger partial charge in [-0.1, -0.05) is 12.2 Å². The smallest absolute Gasteiger partial charge is 0.116 e. The Labute approximate surface area is 147 Å². The number of dihydropyridines is 1. The molecule has 1 spiro atoms. The van der Waals surface area contributed by atoms with Crippen molar-refractivity contribution in [3.8, 4) is 0 Å². The molecule has 24 heavy (non-hydrogen) atoms. The van der Waals surface area contributed by atoms with Crippen LogP contribution in [-0.4, -0.2) is 65.8 Å². The topological polar surface area (TPSA) is 51.1 Å². The van der Waals surface area contributed by atoms with E-state index in [9.17, 15) is 5.11 Å². The number of piperazine rings is 1. The molecule has 4 heterocycles. The zero-order valence-electron chi connectivity index (χ0n) is 14.1. The summed E-state index contributed by atoms with van der Waals surface area (Å²) in [6.07, 6.45) is 12.9. The summed E-state index contributed by atoms with van der Waals surface area (Å²) in [7, 11) is 2.08. The van der Waals surface area contributed by atoms with Gasteiger partial charge < -0.3 is 15.3 Å². The van der Waals surface area contributed by atoms with E-state index in [1.165, 1.54) is 10.5 Å². The first kappa shape index (κ1) is 16.0. The molecule has 0 aromatic carbocycles. The number of likely N-dealkylation sites (N-methyl/N-ethyl adjacent to an activating group) is 1. The van der Waals surface area contributed by atoms with E-state index >= 15 is 0 Å². The number of nitrogens with zero attached hydrogens (tertiary/aromatic N) is 3. The quantitative estimate of drug-likeness (QED) is 0.796. The van der Waals surface area contributed by atoms with Gasteiger partial charge in [0.1, 0.15) is 11.2 Å². The Morgan fingerprint density at radius 2 is 2.29 bits per heavy atom. The Balaban J connectivity index is 1.67. The van der Waals surface area contributed by atoms with E-state index in [0.717, 1.165) is 25.5 Å². The van der Waals surface area contributed by atoms with Crippen LogP contribution in [0.5, 0.6) is 0 Å². The summed E-state index contributed by atoms with van der Waals surface area (Å²) >= 11 is 1.84. The second-order valence-electron chi connectivity index (χ2n) is 6.85. The molecule has 1 fully saturated rings. The van der Waals surface area contributed by atoms with Crippen molar-refractivity contribution in [3.05, 3.63) is 46.8 Å². The third-order valence-corrected chi connectivity index (χ3v) is 6.54. The van der Waals surface area contributed by atoms with Crippen LogP contribution in [0.2, 0.25) is 0 Å². The maximum Gasteiger partial charge on any atom is 0.116 e. The van der Waals surface area contributed by atoms with Crippen LogP contribution in [0, 0.1) is 5.41 Å². The summed E-state index contributed by atoms with van der Waals surface area (Å²) in [5, 5.41) is 13.3. The van der Waals surface area contributed by atoms with E-state index in [-0.39, 0.29) is 23.4 Å². The van der Waals surface area contributed by atoms with E-state index in [1.807, 2.05) is 24.1 Å². The average molecular weight is 344 g/mol. The van der Waals surface area contributed by atoms with Crippen molar-refractivity contribution < 1.29 is 5.11 Å². The SMILES string of the molecule is CC1=CC23C=C(N4CCN(C)C(CO)C4)NC=C2C=CC=N[C@@H]3S1. The van der Waals surface area contributed by atoms with Gasteiger partial charge in [0.25, 0.3) is 0 Å². The standard InChI is InChI=1S/C18H24N4OS/c1-13-8-18-9-16(22-7-6-21(2)15(11-22)12-23)20-10-14(18)4-3-5-19-17(18)24-13/h3-5,8-10,15,17,20,23H,6-7,11-12H2,1-2H3/t15?,17-,18?/m1/s1. The molecule has 3 atom stereocenters. The van der Waals surface area contributed by atoms with Crippen LogP contribution in [0.1, 0.15) is 6.92 Å². The van der Waals surface area contributed by atoms with Crippen LogP contribution in [0.4, 0.5) is 0 Å². The monoisotopic (exact) mass is 344 g/mol. The van der Waals surface area contributed by atoms with Gasteiger partial charge >= 0.3 is 0 Å². The number of aliphatic hydroxyl groups is 1. The number of thioether (sulfide) groups is 1. The first-order valence-electron chi connectivity index (χ1n) is 8.44. The average Bonchev–Trinajstić information content (AvgIpc) is 2.78. The van der Waals surface area contributed by atoms with E-state index < -0.39 is 0 Å². The molecular formula is C18H24N4OS. The Hall–Kier alpha value is -1.50. The highest BCUT2D eigenvalue weighted by atomic mass is 32.2. The molecule has 0 bridgehead atoms. The molecule has 0 radical (unpaired) electrons. The molecule has 4 rings (SSSR count). The Morgan fingerprint density at radius 3 is 3.12 bits per heavy atom. The van der Waals surface area contributed by atoms with Gasteiger partial charge in [0.2, 0.25) is 0 Å². The van der Waals surface area contributed by atoms with Crippen LogP contribution in [0.25, 0.3) is 0 Å². The highest BCUT2D eigenvalue weighted by molar-refractivity contribution is 8.03. The van der Waals surface area contributed by atoms with E-state index in [0.29, 0.717) is 0 Å². The summed E-state index contributed by atoms with van der Waals surface area (Å²) in [5.74, 6) is 1.13. The molecule has 0 saturated carbocycles. The lowest BCUT2D eigenvalue weighted by Crippen LogP contribution is -2.54. The van der Waals surface area contributed by atoms with Crippen molar-refractivity contribution in [2.45, 2.75) is 18.3 Å². The van der Waals surface area contributed by atoms with Crippen molar-refractivity contribution in [2.24, 2.45) is 10.4 Å². The van der Waals surface area contributed by atoms with Crippen molar-refractivity contribution in [1.29, 1.82) is 0 Å². The fourth-order valence-electron chi connectivity index (χ4n) is 3.85. The molecule has 4 aliphatic heterocycles. The molecule has 4 aliphatic rings. The molecule has 5 nitrogen and oxygen atoms in total. The van der Waals surface area contributed by atoms with Crippen LogP contribution >= 0.6 is 11.8 Å². The number of nitrogens with one attached hydrogen (secondary N) is 1. The third-order valence-electron chi connectivity index (χ3n) is 5.31. The summed E-state index contributed by atoms with van der Waals surface area (Å²) in [5.41, 5.74) is 1.09. The van der Waals surface area contributed by atoms with E-state index in [1.54, 1.807) is 0 Å². The molecule has 2 unspecified atom stereocenters. The van der Waals surface area contributed by atoms with Gasteiger partial charge in [-0.2, -0.15) is 0 Å². The molecular weight excluding hydrogens is 320 g/mol. The number of allylic oxidation sites excluding steroid dienone is 3. The van der Waals surface area contributed by atoms with Crippen molar-refractivity contribution >= 4 is 18.0 Å². The number of hydrogen-bond donors (Lipinski definition) is 2. The van der Waals surface area contributed by atoms with Crippen LogP contribution in [0.3, 0.4) is 0 Å². The Bertz CT molecular complexity index is 681. The van der Waals surface area contributed by atoms with Gasteiger partial charge in [0.05, 0.1) is 18.1 Å². The lowest BCUT2D eigenvalue weighted by molar-refractivity contribution is 0.0704. The van der Waals surface area contributed by atoms with E-state index in [2.05, 4.69) is 53.5 Å². The molecule has 2 N–H and O–H groups in total. The Kier molecular flexibility index (Phi) is 4.06. The van der Waals surface area contributed by atoms with Crippen molar-refractivity contribution in [3.63, 3.8) is 0 Å². The second kappa shape index (κ2) is 6.10. The molecule has 1 saturated heterocycles. The van der Waals surface area contributed by atoms with Gasteiger partial charge in [0, 0.05) is 32.0 Å². The summed E-state index contributed by atoms with van der Waals surface area (Å²) in [4.78, 5) is 10.7. The molecule has 0 amide bonds. The number of rotatable bonds is 2. The maximum atomic E-state index is 9.62. The predicted molar refractivity (Wildman–Crippen MR) is 99.6 cm³/mol. The zero-order valence-corrected chi connectivity index (χ0v) is 15.0. The van der Waals surface area contributed by atoms with Gasteiger partial charge in [0.15, 0.2) is 0 Å². The highest BCUT2D eigenvalue weighted by Crippen LogP contribution is 2.53. The van der Waals surface area contributed by atoms with Gasteiger partial charge in [-0.3, -0.25) is 9.89 Å². The van der Waals surface area contributed by atoms with Crippen LogP contribution < -0.4 is 5.32 Å². The first-order chi connectivity index (χ1) is 11.6. The minimum Gasteiger partial charge on any atom is -0.395 e. The number of aliphatic imine (C=N–C) groups is 1. The minimum atomic E-state index is -0.170. The maximum absolute atomic E-state index is 9.62. The molecule has 0 aromatic rings. The third kappa shape index (κ3) is 2.53. The molecule has 6 heteroatoms. The number of aliphatic hydroxyl groups excluding tert-OH is 1. The molecule has 0 aliphatic carbocycles. The lowest BCUT2D eigenvalue weighted by Gasteiger charge is -2.43. The normalized spacial score (nSPS) is 35.5. The second-order valence-corrected chi connectivity index (χ2v) is 8.18. The van der Waals surface area contributed by atoms with Crippen molar-refractivity contribution in [2.75, 3.05) is 33.3 Å². The first-order valence-corrected chi connectivity index (χ1v) is 9.32. The zero-order chi connectivity index (χ0) is 16.7. The summed E-state index contributed by atoms with van der Waals surface area (Å²) in [6, 6.07) is 0.183. The summed E-state index contributed by atoms with van der Waals surface area (Å²) in [6.45, 7) is 5.11. The van der Waals surface area contributed by atoms with Crippen molar-refractivity contribution in [1.82, 2.24) is 15.1 Å². The largest absolute Gasteiger partial charge is 0.395 e. The van der Waals surface area contributed by atoms with Gasteiger partial charge in [-0.05, 0) is 36.6 Å². The van der Waals surface area contributed by atoms with Crippen LogP contribution in [0.15, 0.2) is 51.8 Å². The van der Waals surface area contributed by atoms with Crippen LogP contribution in [-0.2, 0) is 0 Å². The lowest BCUT2D eigenvalue weighted by atomic mass is 9.78. The number of hydrogen-bond acceptors (Lipinski definition) is 6.